The first-order chi connectivity index (χ1) is 24.2. The molecule has 3 heterocycles. The van der Waals surface area contributed by atoms with Crippen LogP contribution in [0.15, 0.2) is 72.8 Å². The van der Waals surface area contributed by atoms with Gasteiger partial charge in [0.05, 0.1) is 24.2 Å². The molecule has 6 rings (SSSR count). The van der Waals surface area contributed by atoms with Gasteiger partial charge < -0.3 is 29.6 Å². The van der Waals surface area contributed by atoms with Gasteiger partial charge in [-0.05, 0) is 80.0 Å². The zero-order valence-electron chi connectivity index (χ0n) is 27.4. The van der Waals surface area contributed by atoms with E-state index in [9.17, 15) is 24.2 Å². The number of aromatic hydroxyl groups is 1. The topological polar surface area (TPSA) is 139 Å². The molecule has 0 bridgehead atoms. The van der Waals surface area contributed by atoms with Crippen LogP contribution in [0.4, 0.5) is 4.39 Å². The van der Waals surface area contributed by atoms with E-state index < -0.39 is 11.8 Å². The molecule has 260 valence electrons. The Morgan fingerprint density at radius 1 is 1.04 bits per heavy atom. The molecule has 11 nitrogen and oxygen atoms in total. The van der Waals surface area contributed by atoms with E-state index in [-0.39, 0.29) is 36.3 Å². The van der Waals surface area contributed by atoms with Crippen LogP contribution in [0.3, 0.4) is 0 Å². The number of carboxylic acids is 1. The van der Waals surface area contributed by atoms with Crippen molar-refractivity contribution in [3.63, 3.8) is 0 Å². The number of halogens is 2. The number of methoxy groups -OCH3 is 1. The largest absolute Gasteiger partial charge is 0.507 e. The van der Waals surface area contributed by atoms with E-state index in [1.807, 2.05) is 18.2 Å². The van der Waals surface area contributed by atoms with Crippen LogP contribution in [0.2, 0.25) is 5.02 Å². The number of hydrogen-bond donors (Lipinski definition) is 3. The average Bonchev–Trinajstić information content (AvgIpc) is 3.45. The highest BCUT2D eigenvalue weighted by atomic mass is 35.5. The number of ether oxygens (including phenoxy) is 2. The second-order valence-corrected chi connectivity index (χ2v) is 12.6. The number of imidazole rings is 1. The second-order valence-electron chi connectivity index (χ2n) is 12.2. The Labute approximate surface area is 293 Å². The number of hydrogen-bond acceptors (Lipinski definition) is 8. The Hall–Kier alpha value is -5.04. The molecule has 2 aromatic heterocycles. The first kappa shape index (κ1) is 34.8. The van der Waals surface area contributed by atoms with Gasteiger partial charge in [-0.25, -0.2) is 19.2 Å². The lowest BCUT2D eigenvalue weighted by Crippen LogP contribution is -2.33. The minimum Gasteiger partial charge on any atom is -0.507 e. The molecule has 3 N–H and O–H groups in total. The van der Waals surface area contributed by atoms with Crippen LogP contribution < -0.4 is 10.1 Å². The van der Waals surface area contributed by atoms with Gasteiger partial charge in [0.2, 0.25) is 5.88 Å². The Morgan fingerprint density at radius 3 is 2.62 bits per heavy atom. The number of nitrogens with one attached hydrogen (secondary N) is 1. The van der Waals surface area contributed by atoms with Gasteiger partial charge in [-0.15, -0.1) is 0 Å². The van der Waals surface area contributed by atoms with Gasteiger partial charge in [0.1, 0.15) is 29.6 Å². The highest BCUT2D eigenvalue weighted by molar-refractivity contribution is 6.30. The van der Waals surface area contributed by atoms with Crippen molar-refractivity contribution in [1.82, 2.24) is 24.8 Å². The van der Waals surface area contributed by atoms with Gasteiger partial charge in [0.15, 0.2) is 0 Å². The summed E-state index contributed by atoms with van der Waals surface area (Å²) in [5.41, 5.74) is 3.70. The molecule has 1 amide bonds. The summed E-state index contributed by atoms with van der Waals surface area (Å²) in [4.78, 5) is 36.4. The summed E-state index contributed by atoms with van der Waals surface area (Å²) >= 11 is 5.86. The number of likely N-dealkylation sites (tertiary alicyclic amines) is 1. The van der Waals surface area contributed by atoms with Crippen LogP contribution in [0.25, 0.3) is 11.0 Å². The lowest BCUT2D eigenvalue weighted by atomic mass is 9.93. The summed E-state index contributed by atoms with van der Waals surface area (Å²) in [6.07, 6.45) is 1.81. The molecular weight excluding hydrogens is 665 g/mol. The molecule has 0 unspecified atom stereocenters. The maximum atomic E-state index is 14.2. The number of carbonyl (C=O) groups is 2. The van der Waals surface area contributed by atoms with Crippen molar-refractivity contribution in [2.75, 3.05) is 26.8 Å². The molecule has 3 aromatic carbocycles. The number of amides is 1. The number of piperidine rings is 1. The number of pyridine rings is 1. The molecular formula is C37H37ClFN5O6. The van der Waals surface area contributed by atoms with Gasteiger partial charge >= 0.3 is 5.97 Å². The van der Waals surface area contributed by atoms with Gasteiger partial charge in [0, 0.05) is 54.0 Å². The Bertz CT molecular complexity index is 2010. The quantitative estimate of drug-likeness (QED) is 0.132. The van der Waals surface area contributed by atoms with Crippen LogP contribution in [-0.2, 0) is 31.0 Å². The van der Waals surface area contributed by atoms with E-state index in [0.29, 0.717) is 52.8 Å². The molecule has 50 heavy (non-hydrogen) atoms. The summed E-state index contributed by atoms with van der Waals surface area (Å²) in [7, 11) is 1.66. The molecule has 13 heteroatoms. The van der Waals surface area contributed by atoms with Gasteiger partial charge in [-0.2, -0.15) is 0 Å². The monoisotopic (exact) mass is 701 g/mol. The molecule has 1 saturated heterocycles. The standard InChI is InChI=1S/C37H37ClFN5O6/c1-49-16-15-44-32-9-7-25(36(46)40-20-23-5-10-33(45)28(17-23)37(47)48)18-31(32)41-34(44)21-43-13-11-24(12-14-43)30-3-2-4-35(42-30)50-22-26-6-8-27(38)19-29(26)39/h2-10,17-19,24,45H,11-16,20-22H2,1H3,(H,40,46)(H,47,48). The Balaban J connectivity index is 1.09. The summed E-state index contributed by atoms with van der Waals surface area (Å²) in [5, 5.41) is 22.2. The van der Waals surface area contributed by atoms with E-state index in [0.717, 1.165) is 43.0 Å². The fraction of sp³-hybridized carbons (Fsp3) is 0.297. The van der Waals surface area contributed by atoms with Crippen LogP contribution in [-0.4, -0.2) is 68.3 Å². The summed E-state index contributed by atoms with van der Waals surface area (Å²) in [6.45, 7) is 3.57. The van der Waals surface area contributed by atoms with Crippen molar-refractivity contribution < 1.29 is 33.7 Å². The van der Waals surface area contributed by atoms with Crippen LogP contribution in [0.5, 0.6) is 11.6 Å². The molecule has 0 saturated carbocycles. The minimum absolute atomic E-state index is 0.0588. The van der Waals surface area contributed by atoms with Crippen LogP contribution in [0.1, 0.15) is 62.1 Å². The predicted octanol–water partition coefficient (Wildman–Crippen LogP) is 6.16. The normalized spacial score (nSPS) is 13.8. The molecule has 0 atom stereocenters. The SMILES string of the molecule is COCCn1c(CN2CCC(c3cccc(OCc4ccc(Cl)cc4F)n3)CC2)nc2cc(C(=O)NCc3ccc(O)c(C(=O)O)c3)ccc21. The first-order valence-electron chi connectivity index (χ1n) is 16.3. The third-order valence-electron chi connectivity index (χ3n) is 8.86. The Kier molecular flexibility index (Phi) is 10.9. The number of rotatable bonds is 13. The summed E-state index contributed by atoms with van der Waals surface area (Å²) in [5.74, 6) is -0.735. The number of benzene rings is 3. The number of carboxylic acid groups (broad SMARTS) is 1. The summed E-state index contributed by atoms with van der Waals surface area (Å²) < 4.78 is 27.5. The molecule has 1 aliphatic heterocycles. The van der Waals surface area contributed by atoms with Gasteiger partial charge in [-0.1, -0.05) is 29.8 Å². The Morgan fingerprint density at radius 2 is 1.86 bits per heavy atom. The van der Waals surface area contributed by atoms with E-state index in [1.54, 1.807) is 43.5 Å². The van der Waals surface area contributed by atoms with Crippen molar-refractivity contribution >= 4 is 34.5 Å². The molecule has 1 aliphatic rings. The maximum Gasteiger partial charge on any atom is 0.339 e. The number of carbonyl (C=O) groups excluding carboxylic acids is 1. The first-order valence-corrected chi connectivity index (χ1v) is 16.6. The van der Waals surface area contributed by atoms with E-state index in [1.165, 1.54) is 18.2 Å². The lowest BCUT2D eigenvalue weighted by molar-refractivity contribution is 0.0693. The van der Waals surface area contributed by atoms with Crippen molar-refractivity contribution in [3.05, 3.63) is 117 Å². The molecule has 1 fully saturated rings. The van der Waals surface area contributed by atoms with E-state index >= 15 is 0 Å². The lowest BCUT2D eigenvalue weighted by Gasteiger charge is -2.31. The van der Waals surface area contributed by atoms with E-state index in [2.05, 4.69) is 14.8 Å². The molecule has 0 spiro atoms. The smallest absolute Gasteiger partial charge is 0.339 e. The third-order valence-corrected chi connectivity index (χ3v) is 9.09. The van der Waals surface area contributed by atoms with Crippen LogP contribution in [0, 0.1) is 5.82 Å². The molecule has 0 aliphatic carbocycles. The number of phenols is 1. The highest BCUT2D eigenvalue weighted by Crippen LogP contribution is 2.30. The van der Waals surface area contributed by atoms with Crippen molar-refractivity contribution in [2.24, 2.45) is 0 Å². The van der Waals surface area contributed by atoms with E-state index in [4.69, 9.17) is 31.0 Å². The zero-order chi connectivity index (χ0) is 35.2. The van der Waals surface area contributed by atoms with Gasteiger partial charge in [-0.3, -0.25) is 9.69 Å². The van der Waals surface area contributed by atoms with Gasteiger partial charge in [0.25, 0.3) is 5.91 Å². The fourth-order valence-corrected chi connectivity index (χ4v) is 6.30. The average molecular weight is 702 g/mol. The second kappa shape index (κ2) is 15.7. The fourth-order valence-electron chi connectivity index (χ4n) is 6.14. The van der Waals surface area contributed by atoms with Crippen LogP contribution >= 0.6 is 11.6 Å². The summed E-state index contributed by atoms with van der Waals surface area (Å²) in [6, 6.07) is 19.8. The third kappa shape index (κ3) is 8.21. The minimum atomic E-state index is -1.25. The highest BCUT2D eigenvalue weighted by Gasteiger charge is 2.24. The number of nitrogens with zero attached hydrogens (tertiary/aromatic N) is 4. The molecule has 5 aromatic rings. The molecule has 0 radical (unpaired) electrons. The number of fused-ring (bicyclic) bond motifs is 1. The van der Waals surface area contributed by atoms with Crippen molar-refractivity contribution in [3.8, 4) is 11.6 Å². The predicted molar refractivity (Wildman–Crippen MR) is 185 cm³/mol. The number of aromatic nitrogens is 3. The number of aromatic carboxylic acids is 1. The zero-order valence-corrected chi connectivity index (χ0v) is 28.2. The van der Waals surface area contributed by atoms with Crippen molar-refractivity contribution in [1.29, 1.82) is 0 Å². The maximum absolute atomic E-state index is 14.2. The van der Waals surface area contributed by atoms with Crippen molar-refractivity contribution in [2.45, 2.75) is 45.0 Å².